The first kappa shape index (κ1) is 14.6. The minimum Gasteiger partial charge on any atom is -0.493 e. The molecule has 1 aromatic carbocycles. The van der Waals surface area contributed by atoms with Crippen molar-refractivity contribution in [1.82, 2.24) is 0 Å². The van der Waals surface area contributed by atoms with Gasteiger partial charge in [0.2, 0.25) is 0 Å². The van der Waals surface area contributed by atoms with E-state index < -0.39 is 0 Å². The molecule has 18 heavy (non-hydrogen) atoms. The van der Waals surface area contributed by atoms with E-state index in [2.05, 4.69) is 25.8 Å². The molecule has 4 heteroatoms. The Kier molecular flexibility index (Phi) is 4.84. The molecule has 0 amide bonds. The first-order valence-electron chi connectivity index (χ1n) is 6.12. The van der Waals surface area contributed by atoms with E-state index in [1.807, 2.05) is 18.2 Å². The molecule has 102 valence electrons. The molecule has 0 unspecified atom stereocenters. The highest BCUT2D eigenvalue weighted by atomic mass is 16.5. The standard InChI is InChI=1S/C14H24N2O2/c1-14(2,8-9-15)16(3)11-6-7-12(17-4)13(10-11)18-5/h6-7,10H,8-9,15H2,1-5H3. The Labute approximate surface area is 110 Å². The van der Waals surface area contributed by atoms with Crippen LogP contribution in [0, 0.1) is 0 Å². The Hall–Kier alpha value is -1.42. The molecule has 0 saturated carbocycles. The highest BCUT2D eigenvalue weighted by Crippen LogP contribution is 2.33. The summed E-state index contributed by atoms with van der Waals surface area (Å²) < 4.78 is 10.6. The number of hydrogen-bond donors (Lipinski definition) is 1. The van der Waals surface area contributed by atoms with Crippen LogP contribution in [0.4, 0.5) is 5.69 Å². The van der Waals surface area contributed by atoms with Crippen molar-refractivity contribution in [2.24, 2.45) is 5.73 Å². The quantitative estimate of drug-likeness (QED) is 0.843. The van der Waals surface area contributed by atoms with Gasteiger partial charge in [0.15, 0.2) is 11.5 Å². The summed E-state index contributed by atoms with van der Waals surface area (Å²) in [6, 6.07) is 5.93. The second-order valence-electron chi connectivity index (χ2n) is 4.95. The van der Waals surface area contributed by atoms with Gasteiger partial charge in [0.1, 0.15) is 0 Å². The maximum Gasteiger partial charge on any atom is 0.162 e. The van der Waals surface area contributed by atoms with Crippen molar-refractivity contribution in [3.05, 3.63) is 18.2 Å². The van der Waals surface area contributed by atoms with E-state index in [-0.39, 0.29) is 5.54 Å². The number of hydrogen-bond acceptors (Lipinski definition) is 4. The summed E-state index contributed by atoms with van der Waals surface area (Å²) in [5.74, 6) is 1.48. The molecule has 0 radical (unpaired) electrons. The molecule has 4 nitrogen and oxygen atoms in total. The van der Waals surface area contributed by atoms with Crippen molar-refractivity contribution >= 4 is 5.69 Å². The lowest BCUT2D eigenvalue weighted by Gasteiger charge is -2.37. The fourth-order valence-electron chi connectivity index (χ4n) is 1.90. The van der Waals surface area contributed by atoms with E-state index in [0.29, 0.717) is 6.54 Å². The monoisotopic (exact) mass is 252 g/mol. The van der Waals surface area contributed by atoms with Gasteiger partial charge in [-0.25, -0.2) is 0 Å². The van der Waals surface area contributed by atoms with Gasteiger partial charge in [-0.3, -0.25) is 0 Å². The Balaban J connectivity index is 3.03. The van der Waals surface area contributed by atoms with Crippen LogP contribution in [0.2, 0.25) is 0 Å². The molecule has 0 fully saturated rings. The molecule has 0 saturated heterocycles. The average molecular weight is 252 g/mol. The summed E-state index contributed by atoms with van der Waals surface area (Å²) in [4.78, 5) is 2.21. The zero-order valence-electron chi connectivity index (χ0n) is 12.0. The van der Waals surface area contributed by atoms with Gasteiger partial charge >= 0.3 is 0 Å². The molecule has 2 N–H and O–H groups in total. The lowest BCUT2D eigenvalue weighted by Crippen LogP contribution is -2.42. The van der Waals surface area contributed by atoms with Crippen LogP contribution in [0.15, 0.2) is 18.2 Å². The van der Waals surface area contributed by atoms with Crippen LogP contribution in [-0.4, -0.2) is 33.4 Å². The van der Waals surface area contributed by atoms with Gasteiger partial charge in [-0.2, -0.15) is 0 Å². The third-order valence-corrected chi connectivity index (χ3v) is 3.42. The first-order valence-corrected chi connectivity index (χ1v) is 6.12. The number of methoxy groups -OCH3 is 2. The van der Waals surface area contributed by atoms with Gasteiger partial charge in [-0.15, -0.1) is 0 Å². The highest BCUT2D eigenvalue weighted by molar-refractivity contribution is 5.57. The van der Waals surface area contributed by atoms with Crippen molar-refractivity contribution in [3.8, 4) is 11.5 Å². The minimum atomic E-state index is 0.00828. The molecule has 0 heterocycles. The number of nitrogens with two attached hydrogens (primary N) is 1. The predicted octanol–water partition coefficient (Wildman–Crippen LogP) is 2.27. The zero-order valence-corrected chi connectivity index (χ0v) is 12.0. The topological polar surface area (TPSA) is 47.7 Å². The van der Waals surface area contributed by atoms with Crippen molar-refractivity contribution in [2.45, 2.75) is 25.8 Å². The Morgan fingerprint density at radius 2 is 1.78 bits per heavy atom. The Morgan fingerprint density at radius 1 is 1.17 bits per heavy atom. The molecule has 0 aliphatic rings. The average Bonchev–Trinajstić information content (AvgIpc) is 2.36. The van der Waals surface area contributed by atoms with Gasteiger partial charge in [0.05, 0.1) is 14.2 Å². The van der Waals surface area contributed by atoms with Gasteiger partial charge < -0.3 is 20.1 Å². The lowest BCUT2D eigenvalue weighted by molar-refractivity contribution is 0.354. The lowest BCUT2D eigenvalue weighted by atomic mass is 9.98. The second kappa shape index (κ2) is 5.96. The van der Waals surface area contributed by atoms with E-state index in [4.69, 9.17) is 15.2 Å². The molecule has 0 bridgehead atoms. The fourth-order valence-corrected chi connectivity index (χ4v) is 1.90. The largest absolute Gasteiger partial charge is 0.493 e. The summed E-state index contributed by atoms with van der Waals surface area (Å²) in [5, 5.41) is 0. The molecule has 1 aromatic rings. The summed E-state index contributed by atoms with van der Waals surface area (Å²) >= 11 is 0. The summed E-state index contributed by atoms with van der Waals surface area (Å²) in [7, 11) is 5.35. The fraction of sp³-hybridized carbons (Fsp3) is 0.571. The Morgan fingerprint density at radius 3 is 2.28 bits per heavy atom. The Bertz CT molecular complexity index is 391. The number of nitrogens with zero attached hydrogens (tertiary/aromatic N) is 1. The van der Waals surface area contributed by atoms with Gasteiger partial charge in [-0.05, 0) is 38.9 Å². The molecular formula is C14H24N2O2. The maximum absolute atomic E-state index is 5.66. The maximum atomic E-state index is 5.66. The van der Waals surface area contributed by atoms with E-state index in [1.54, 1.807) is 14.2 Å². The van der Waals surface area contributed by atoms with Crippen LogP contribution >= 0.6 is 0 Å². The smallest absolute Gasteiger partial charge is 0.162 e. The number of ether oxygens (including phenoxy) is 2. The molecule has 1 rings (SSSR count). The predicted molar refractivity (Wildman–Crippen MR) is 75.7 cm³/mol. The van der Waals surface area contributed by atoms with Crippen LogP contribution in [0.5, 0.6) is 11.5 Å². The summed E-state index contributed by atoms with van der Waals surface area (Å²) in [6.45, 7) is 5.03. The van der Waals surface area contributed by atoms with Gasteiger partial charge in [0, 0.05) is 24.3 Å². The highest BCUT2D eigenvalue weighted by Gasteiger charge is 2.23. The summed E-state index contributed by atoms with van der Waals surface area (Å²) in [6.07, 6.45) is 0.928. The third-order valence-electron chi connectivity index (χ3n) is 3.42. The third kappa shape index (κ3) is 3.07. The van der Waals surface area contributed by atoms with Crippen LogP contribution in [-0.2, 0) is 0 Å². The van der Waals surface area contributed by atoms with E-state index in [1.165, 1.54) is 0 Å². The van der Waals surface area contributed by atoms with E-state index >= 15 is 0 Å². The molecule has 0 atom stereocenters. The molecule has 0 aliphatic carbocycles. The van der Waals surface area contributed by atoms with Crippen LogP contribution in [0.3, 0.4) is 0 Å². The SMILES string of the molecule is COc1ccc(N(C)C(C)(C)CCN)cc1OC. The van der Waals surface area contributed by atoms with Gasteiger partial charge in [-0.1, -0.05) is 0 Å². The van der Waals surface area contributed by atoms with Gasteiger partial charge in [0.25, 0.3) is 0 Å². The molecule has 0 aliphatic heterocycles. The van der Waals surface area contributed by atoms with E-state index in [9.17, 15) is 0 Å². The number of rotatable bonds is 6. The first-order chi connectivity index (χ1) is 8.46. The summed E-state index contributed by atoms with van der Waals surface area (Å²) in [5.41, 5.74) is 6.76. The molecular weight excluding hydrogens is 228 g/mol. The van der Waals surface area contributed by atoms with Crippen LogP contribution in [0.1, 0.15) is 20.3 Å². The second-order valence-corrected chi connectivity index (χ2v) is 4.95. The van der Waals surface area contributed by atoms with Crippen molar-refractivity contribution in [3.63, 3.8) is 0 Å². The normalized spacial score (nSPS) is 11.2. The van der Waals surface area contributed by atoms with Crippen LogP contribution in [0.25, 0.3) is 0 Å². The molecule has 0 aromatic heterocycles. The number of benzene rings is 1. The zero-order chi connectivity index (χ0) is 13.8. The van der Waals surface area contributed by atoms with Crippen molar-refractivity contribution < 1.29 is 9.47 Å². The molecule has 0 spiro atoms. The van der Waals surface area contributed by atoms with Crippen molar-refractivity contribution in [2.75, 3.05) is 32.7 Å². The minimum absolute atomic E-state index is 0.00828. The van der Waals surface area contributed by atoms with Crippen molar-refractivity contribution in [1.29, 1.82) is 0 Å². The van der Waals surface area contributed by atoms with E-state index in [0.717, 1.165) is 23.6 Å². The number of anilines is 1. The van der Waals surface area contributed by atoms with Crippen LogP contribution < -0.4 is 20.1 Å².